The zero-order valence-corrected chi connectivity index (χ0v) is 16.2. The lowest BCUT2D eigenvalue weighted by molar-refractivity contribution is -0.137. The Bertz CT molecular complexity index is 615. The summed E-state index contributed by atoms with van der Waals surface area (Å²) in [5, 5.41) is 12.1. The Hall–Kier alpha value is -1.88. The third-order valence-electron chi connectivity index (χ3n) is 6.12. The number of nitrogens with one attached hydrogen (secondary N) is 1. The lowest BCUT2D eigenvalue weighted by atomic mass is 9.89. The number of unbranched alkanes of at least 4 members (excludes halogenated alkanes) is 1. The number of nitrogens with zero attached hydrogens (tertiary/aromatic N) is 1. The minimum atomic E-state index is -0.707. The fourth-order valence-corrected chi connectivity index (χ4v) is 4.37. The molecule has 2 saturated heterocycles. The average Bonchev–Trinajstić information content (AvgIpc) is 2.72. The number of rotatable bonds is 7. The highest BCUT2D eigenvalue weighted by atomic mass is 16.4. The zero-order chi connectivity index (χ0) is 19.1. The van der Waals surface area contributed by atoms with Gasteiger partial charge in [0.05, 0.1) is 0 Å². The van der Waals surface area contributed by atoms with Gasteiger partial charge in [0.1, 0.15) is 0 Å². The van der Waals surface area contributed by atoms with E-state index in [4.69, 9.17) is 5.11 Å². The van der Waals surface area contributed by atoms with E-state index in [9.17, 15) is 9.59 Å². The summed E-state index contributed by atoms with van der Waals surface area (Å²) >= 11 is 0. The van der Waals surface area contributed by atoms with Crippen LogP contribution in [0.4, 0.5) is 0 Å². The molecule has 2 heterocycles. The van der Waals surface area contributed by atoms with E-state index >= 15 is 0 Å². The minimum absolute atomic E-state index is 0.149. The molecule has 2 aliphatic rings. The van der Waals surface area contributed by atoms with Crippen LogP contribution >= 0.6 is 0 Å². The molecule has 0 spiro atoms. The molecule has 27 heavy (non-hydrogen) atoms. The second-order valence-electron chi connectivity index (χ2n) is 8.02. The monoisotopic (exact) mass is 372 g/mol. The summed E-state index contributed by atoms with van der Waals surface area (Å²) in [5.74, 6) is 0.690. The molecule has 0 unspecified atom stereocenters. The third kappa shape index (κ3) is 5.80. The van der Waals surface area contributed by atoms with Gasteiger partial charge in [0, 0.05) is 25.1 Å². The van der Waals surface area contributed by atoms with Crippen LogP contribution in [0.1, 0.15) is 73.2 Å². The maximum absolute atomic E-state index is 12.8. The quantitative estimate of drug-likeness (QED) is 0.717. The van der Waals surface area contributed by atoms with Gasteiger partial charge in [-0.15, -0.1) is 0 Å². The summed E-state index contributed by atoms with van der Waals surface area (Å²) < 4.78 is 0. The smallest absolute Gasteiger partial charge is 0.303 e. The number of carboxylic acid groups (broad SMARTS) is 1. The van der Waals surface area contributed by atoms with Crippen molar-refractivity contribution in [2.24, 2.45) is 5.92 Å². The highest BCUT2D eigenvalue weighted by Crippen LogP contribution is 2.27. The fraction of sp³-hybridized carbons (Fsp3) is 0.636. The first kappa shape index (κ1) is 19.9. The van der Waals surface area contributed by atoms with E-state index in [2.05, 4.69) is 17.4 Å². The summed E-state index contributed by atoms with van der Waals surface area (Å²) in [7, 11) is 0. The summed E-state index contributed by atoms with van der Waals surface area (Å²) in [6.45, 7) is 3.80. The number of likely N-dealkylation sites (tertiary alicyclic amines) is 1. The van der Waals surface area contributed by atoms with E-state index in [0.717, 1.165) is 63.8 Å². The van der Waals surface area contributed by atoms with Crippen LogP contribution in [-0.2, 0) is 4.79 Å². The SMILES string of the molecule is O=C(O)CCCCC1CCN(C(=O)c2ccc(C3CCNCC3)cc2)CC1. The predicted octanol–water partition coefficient (Wildman–Crippen LogP) is 3.65. The van der Waals surface area contributed by atoms with E-state index in [1.807, 2.05) is 17.0 Å². The van der Waals surface area contributed by atoms with Gasteiger partial charge >= 0.3 is 5.97 Å². The van der Waals surface area contributed by atoms with Crippen LogP contribution in [0.3, 0.4) is 0 Å². The van der Waals surface area contributed by atoms with Crippen molar-refractivity contribution in [3.05, 3.63) is 35.4 Å². The molecule has 148 valence electrons. The van der Waals surface area contributed by atoms with E-state index < -0.39 is 5.97 Å². The van der Waals surface area contributed by atoms with Crippen LogP contribution in [0.25, 0.3) is 0 Å². The van der Waals surface area contributed by atoms with Crippen LogP contribution in [-0.4, -0.2) is 48.1 Å². The molecule has 0 saturated carbocycles. The topological polar surface area (TPSA) is 69.6 Å². The average molecular weight is 373 g/mol. The van der Waals surface area contributed by atoms with Gasteiger partial charge in [0.2, 0.25) is 0 Å². The highest BCUT2D eigenvalue weighted by molar-refractivity contribution is 5.94. The molecule has 0 radical (unpaired) electrons. The van der Waals surface area contributed by atoms with Crippen LogP contribution in [0.2, 0.25) is 0 Å². The van der Waals surface area contributed by atoms with Gasteiger partial charge in [-0.25, -0.2) is 0 Å². The van der Waals surface area contributed by atoms with Crippen molar-refractivity contribution < 1.29 is 14.7 Å². The maximum atomic E-state index is 12.8. The summed E-state index contributed by atoms with van der Waals surface area (Å²) in [6, 6.07) is 8.27. The van der Waals surface area contributed by atoms with Crippen molar-refractivity contribution in [2.45, 2.75) is 57.3 Å². The highest BCUT2D eigenvalue weighted by Gasteiger charge is 2.24. The molecule has 2 N–H and O–H groups in total. The van der Waals surface area contributed by atoms with E-state index in [-0.39, 0.29) is 12.3 Å². The maximum Gasteiger partial charge on any atom is 0.303 e. The lowest BCUT2D eigenvalue weighted by Gasteiger charge is -2.32. The zero-order valence-electron chi connectivity index (χ0n) is 16.2. The lowest BCUT2D eigenvalue weighted by Crippen LogP contribution is -2.38. The molecule has 0 atom stereocenters. The van der Waals surface area contributed by atoms with Crippen molar-refractivity contribution in [1.29, 1.82) is 0 Å². The van der Waals surface area contributed by atoms with Crippen molar-refractivity contribution in [3.8, 4) is 0 Å². The van der Waals surface area contributed by atoms with Crippen molar-refractivity contribution >= 4 is 11.9 Å². The van der Waals surface area contributed by atoms with Crippen molar-refractivity contribution in [1.82, 2.24) is 10.2 Å². The predicted molar refractivity (Wildman–Crippen MR) is 106 cm³/mol. The molecule has 2 aliphatic heterocycles. The number of carboxylic acids is 1. The molecule has 1 aromatic carbocycles. The van der Waals surface area contributed by atoms with Gasteiger partial charge in [-0.3, -0.25) is 9.59 Å². The molecule has 0 aromatic heterocycles. The van der Waals surface area contributed by atoms with E-state index in [1.54, 1.807) is 0 Å². The first-order valence-corrected chi connectivity index (χ1v) is 10.4. The second-order valence-corrected chi connectivity index (χ2v) is 8.02. The molecule has 1 aromatic rings. The van der Waals surface area contributed by atoms with Gasteiger partial charge in [0.15, 0.2) is 0 Å². The second kappa shape index (κ2) is 9.88. The molecule has 1 amide bonds. The normalized spacial score (nSPS) is 19.2. The molecule has 3 rings (SSSR count). The third-order valence-corrected chi connectivity index (χ3v) is 6.12. The largest absolute Gasteiger partial charge is 0.481 e. The summed E-state index contributed by atoms with van der Waals surface area (Å²) in [6.07, 6.45) is 7.50. The van der Waals surface area contributed by atoms with Gasteiger partial charge in [0.25, 0.3) is 5.91 Å². The van der Waals surface area contributed by atoms with E-state index in [1.165, 1.54) is 18.4 Å². The Morgan fingerprint density at radius 2 is 1.67 bits per heavy atom. The molecule has 0 bridgehead atoms. The number of carbonyl (C=O) groups is 2. The Balaban J connectivity index is 1.44. The van der Waals surface area contributed by atoms with Crippen molar-refractivity contribution in [2.75, 3.05) is 26.2 Å². The van der Waals surface area contributed by atoms with Crippen LogP contribution in [0.15, 0.2) is 24.3 Å². The Morgan fingerprint density at radius 3 is 2.30 bits per heavy atom. The number of aliphatic carboxylic acids is 1. The molecule has 5 heteroatoms. The Kier molecular flexibility index (Phi) is 7.27. The van der Waals surface area contributed by atoms with Gasteiger partial charge < -0.3 is 15.3 Å². The van der Waals surface area contributed by atoms with Gasteiger partial charge in [-0.05, 0) is 74.7 Å². The number of piperidine rings is 2. The molecular weight excluding hydrogens is 340 g/mol. The molecule has 0 aliphatic carbocycles. The van der Waals surface area contributed by atoms with E-state index in [0.29, 0.717) is 11.8 Å². The number of amides is 1. The van der Waals surface area contributed by atoms with Crippen LogP contribution < -0.4 is 5.32 Å². The number of carbonyl (C=O) groups excluding carboxylic acids is 1. The number of hydrogen-bond acceptors (Lipinski definition) is 3. The molecule has 2 fully saturated rings. The molecule has 5 nitrogen and oxygen atoms in total. The van der Waals surface area contributed by atoms with Crippen molar-refractivity contribution in [3.63, 3.8) is 0 Å². The Morgan fingerprint density at radius 1 is 1.00 bits per heavy atom. The summed E-state index contributed by atoms with van der Waals surface area (Å²) in [5.41, 5.74) is 2.15. The van der Waals surface area contributed by atoms with Crippen LogP contribution in [0, 0.1) is 5.92 Å². The standard InChI is InChI=1S/C22H32N2O3/c25-21(26)4-2-1-3-17-11-15-24(16-12-17)22(27)20-7-5-18(6-8-20)19-9-13-23-14-10-19/h5-8,17,19,23H,1-4,9-16H2,(H,25,26). The Labute approximate surface area is 162 Å². The fourth-order valence-electron chi connectivity index (χ4n) is 4.37. The first-order valence-electron chi connectivity index (χ1n) is 10.4. The number of hydrogen-bond donors (Lipinski definition) is 2. The van der Waals surface area contributed by atoms with Gasteiger partial charge in [-0.2, -0.15) is 0 Å². The minimum Gasteiger partial charge on any atom is -0.481 e. The molecular formula is C22H32N2O3. The summed E-state index contributed by atoms with van der Waals surface area (Å²) in [4.78, 5) is 25.3. The van der Waals surface area contributed by atoms with Gasteiger partial charge in [-0.1, -0.05) is 25.0 Å². The van der Waals surface area contributed by atoms with Crippen LogP contribution in [0.5, 0.6) is 0 Å². The number of benzene rings is 1. The first-order chi connectivity index (χ1) is 13.1.